The number of amides is 1. The molecule has 1 unspecified atom stereocenters. The summed E-state index contributed by atoms with van der Waals surface area (Å²) in [6, 6.07) is 2.16. The fourth-order valence-electron chi connectivity index (χ4n) is 2.15. The van der Waals surface area contributed by atoms with Crippen LogP contribution in [0.3, 0.4) is 0 Å². The van der Waals surface area contributed by atoms with Crippen LogP contribution in [0.4, 0.5) is 4.79 Å². The number of hydrogen-bond donors (Lipinski definition) is 2. The minimum absolute atomic E-state index is 0.184. The van der Waals surface area contributed by atoms with E-state index in [1.54, 1.807) is 6.26 Å². The van der Waals surface area contributed by atoms with Gasteiger partial charge in [0.2, 0.25) is 0 Å². The van der Waals surface area contributed by atoms with Crippen molar-refractivity contribution < 1.29 is 13.9 Å². The van der Waals surface area contributed by atoms with Crippen LogP contribution in [-0.4, -0.2) is 42.8 Å². The summed E-state index contributed by atoms with van der Waals surface area (Å²) in [5.74, 6) is 0.925. The maximum atomic E-state index is 11.6. The number of hydrogen-bond acceptors (Lipinski definition) is 5. The third kappa shape index (κ3) is 6.49. The number of nitrogens with two attached hydrogens (primary N) is 1. The lowest BCUT2D eigenvalue weighted by molar-refractivity contribution is 0.0522. The van der Waals surface area contributed by atoms with Gasteiger partial charge in [-0.2, -0.15) is 0 Å². The Kier molecular flexibility index (Phi) is 6.90. The van der Waals surface area contributed by atoms with Crippen molar-refractivity contribution in [1.82, 2.24) is 10.2 Å². The fraction of sp³-hybridized carbons (Fsp3) is 0.688. The Balaban J connectivity index is 2.38. The van der Waals surface area contributed by atoms with Crippen molar-refractivity contribution in [2.75, 3.05) is 20.1 Å². The molecule has 22 heavy (non-hydrogen) atoms. The molecule has 0 spiro atoms. The average molecular weight is 311 g/mol. The number of furan rings is 1. The molecule has 1 heterocycles. The van der Waals surface area contributed by atoms with E-state index in [1.165, 1.54) is 0 Å². The van der Waals surface area contributed by atoms with Crippen molar-refractivity contribution in [2.45, 2.75) is 52.3 Å². The van der Waals surface area contributed by atoms with Crippen LogP contribution in [0.5, 0.6) is 0 Å². The van der Waals surface area contributed by atoms with Crippen molar-refractivity contribution in [2.24, 2.45) is 5.73 Å². The lowest BCUT2D eigenvalue weighted by Crippen LogP contribution is -2.41. The molecule has 6 heteroatoms. The van der Waals surface area contributed by atoms with Gasteiger partial charge in [0.05, 0.1) is 6.26 Å². The Bertz CT molecular complexity index is 465. The normalized spacial score (nSPS) is 13.2. The van der Waals surface area contributed by atoms with Crippen LogP contribution in [0.2, 0.25) is 0 Å². The van der Waals surface area contributed by atoms with Gasteiger partial charge in [0.25, 0.3) is 0 Å². The summed E-state index contributed by atoms with van der Waals surface area (Å²) >= 11 is 0. The van der Waals surface area contributed by atoms with Gasteiger partial charge in [0.1, 0.15) is 11.4 Å². The summed E-state index contributed by atoms with van der Waals surface area (Å²) in [6.45, 7) is 9.32. The molecule has 0 radical (unpaired) electrons. The van der Waals surface area contributed by atoms with Crippen LogP contribution in [0.1, 0.15) is 38.5 Å². The number of ether oxygens (including phenoxy) is 1. The molecule has 0 aliphatic carbocycles. The van der Waals surface area contributed by atoms with Crippen LogP contribution in [0, 0.1) is 6.92 Å². The molecule has 1 aromatic rings. The summed E-state index contributed by atoms with van der Waals surface area (Å²) in [7, 11) is 2.03. The zero-order valence-corrected chi connectivity index (χ0v) is 14.3. The molecule has 3 N–H and O–H groups in total. The van der Waals surface area contributed by atoms with E-state index < -0.39 is 11.7 Å². The van der Waals surface area contributed by atoms with Crippen molar-refractivity contribution in [1.29, 1.82) is 0 Å². The Hall–Kier alpha value is -1.53. The molecule has 6 nitrogen and oxygen atoms in total. The van der Waals surface area contributed by atoms with Crippen molar-refractivity contribution in [3.63, 3.8) is 0 Å². The molecule has 0 aromatic carbocycles. The van der Waals surface area contributed by atoms with E-state index in [0.29, 0.717) is 13.1 Å². The van der Waals surface area contributed by atoms with E-state index in [0.717, 1.165) is 24.3 Å². The number of nitrogens with one attached hydrogen (secondary N) is 1. The highest BCUT2D eigenvalue weighted by Crippen LogP contribution is 2.13. The van der Waals surface area contributed by atoms with Gasteiger partial charge in [-0.15, -0.1) is 0 Å². The number of rotatable bonds is 7. The first-order valence-electron chi connectivity index (χ1n) is 7.63. The molecule has 1 amide bonds. The predicted molar refractivity (Wildman–Crippen MR) is 86.6 cm³/mol. The minimum atomic E-state index is -0.479. The number of carbonyl (C=O) groups is 1. The first kappa shape index (κ1) is 18.5. The molecular formula is C16H29N3O3. The summed E-state index contributed by atoms with van der Waals surface area (Å²) in [5.41, 5.74) is 6.52. The highest BCUT2D eigenvalue weighted by molar-refractivity contribution is 5.67. The van der Waals surface area contributed by atoms with E-state index in [-0.39, 0.29) is 6.04 Å². The lowest BCUT2D eigenvalue weighted by atomic mass is 10.1. The molecular weight excluding hydrogens is 282 g/mol. The van der Waals surface area contributed by atoms with Crippen molar-refractivity contribution >= 4 is 6.09 Å². The van der Waals surface area contributed by atoms with Crippen LogP contribution in [0.15, 0.2) is 16.7 Å². The van der Waals surface area contributed by atoms with Gasteiger partial charge in [0, 0.05) is 31.2 Å². The summed E-state index contributed by atoms with van der Waals surface area (Å²) in [6.07, 6.45) is 2.07. The molecule has 0 bridgehead atoms. The Morgan fingerprint density at radius 2 is 2.18 bits per heavy atom. The fourth-order valence-corrected chi connectivity index (χ4v) is 2.15. The van der Waals surface area contributed by atoms with E-state index in [1.807, 2.05) is 40.8 Å². The number of alkyl carbamates (subject to hydrolysis) is 1. The third-order valence-electron chi connectivity index (χ3n) is 3.43. The first-order valence-corrected chi connectivity index (χ1v) is 7.63. The number of carbonyl (C=O) groups excluding carboxylic acids is 1. The van der Waals surface area contributed by atoms with Crippen LogP contribution < -0.4 is 11.1 Å². The second kappa shape index (κ2) is 8.19. The zero-order valence-electron chi connectivity index (χ0n) is 14.3. The second-order valence-electron chi connectivity index (χ2n) is 6.52. The molecule has 1 rings (SSSR count). The largest absolute Gasteiger partial charge is 0.469 e. The molecule has 0 fully saturated rings. The number of nitrogens with zero attached hydrogens (tertiary/aromatic N) is 1. The summed E-state index contributed by atoms with van der Waals surface area (Å²) in [5, 5.41) is 2.77. The molecule has 0 aliphatic rings. The molecule has 1 atom stereocenters. The van der Waals surface area contributed by atoms with E-state index in [2.05, 4.69) is 10.2 Å². The second-order valence-corrected chi connectivity index (χ2v) is 6.52. The number of aryl methyl sites for hydroxylation is 1. The molecule has 126 valence electrons. The van der Waals surface area contributed by atoms with Crippen LogP contribution >= 0.6 is 0 Å². The van der Waals surface area contributed by atoms with Gasteiger partial charge in [-0.3, -0.25) is 4.90 Å². The van der Waals surface area contributed by atoms with Gasteiger partial charge in [-0.1, -0.05) is 0 Å². The Morgan fingerprint density at radius 3 is 2.68 bits per heavy atom. The van der Waals surface area contributed by atoms with Gasteiger partial charge in [0.15, 0.2) is 0 Å². The van der Waals surface area contributed by atoms with Crippen LogP contribution in [0.25, 0.3) is 0 Å². The van der Waals surface area contributed by atoms with Crippen molar-refractivity contribution in [3.05, 3.63) is 23.7 Å². The SMILES string of the molecule is Cc1occc1CN(C)C(CN)CCNC(=O)OC(C)(C)C. The summed E-state index contributed by atoms with van der Waals surface area (Å²) < 4.78 is 10.5. The first-order chi connectivity index (χ1) is 10.2. The maximum absolute atomic E-state index is 11.6. The highest BCUT2D eigenvalue weighted by atomic mass is 16.6. The molecule has 1 aromatic heterocycles. The average Bonchev–Trinajstić information content (AvgIpc) is 2.78. The summed E-state index contributed by atoms with van der Waals surface area (Å²) in [4.78, 5) is 13.8. The zero-order chi connectivity index (χ0) is 16.8. The monoisotopic (exact) mass is 311 g/mol. The van der Waals surface area contributed by atoms with E-state index in [4.69, 9.17) is 14.9 Å². The van der Waals surface area contributed by atoms with Gasteiger partial charge in [-0.25, -0.2) is 4.79 Å². The topological polar surface area (TPSA) is 80.7 Å². The predicted octanol–water partition coefficient (Wildman–Crippen LogP) is 2.26. The highest BCUT2D eigenvalue weighted by Gasteiger charge is 2.18. The van der Waals surface area contributed by atoms with Crippen LogP contribution in [-0.2, 0) is 11.3 Å². The Morgan fingerprint density at radius 1 is 1.50 bits per heavy atom. The maximum Gasteiger partial charge on any atom is 0.407 e. The van der Waals surface area contributed by atoms with Gasteiger partial charge >= 0.3 is 6.09 Å². The smallest absolute Gasteiger partial charge is 0.407 e. The van der Waals surface area contributed by atoms with Gasteiger partial charge < -0.3 is 20.2 Å². The standard InChI is InChI=1S/C16H29N3O3/c1-12-13(7-9-21-12)11-19(5)14(10-17)6-8-18-15(20)22-16(2,3)4/h7,9,14H,6,8,10-11,17H2,1-5H3,(H,18,20). The van der Waals surface area contributed by atoms with E-state index in [9.17, 15) is 4.79 Å². The van der Waals surface area contributed by atoms with Crippen molar-refractivity contribution in [3.8, 4) is 0 Å². The van der Waals surface area contributed by atoms with Gasteiger partial charge in [-0.05, 0) is 47.2 Å². The van der Waals surface area contributed by atoms with E-state index >= 15 is 0 Å². The molecule has 0 saturated heterocycles. The molecule has 0 aliphatic heterocycles. The third-order valence-corrected chi connectivity index (χ3v) is 3.43. The lowest BCUT2D eigenvalue weighted by Gasteiger charge is -2.27. The number of likely N-dealkylation sites (N-methyl/N-ethyl adjacent to an activating group) is 1. The quantitative estimate of drug-likeness (QED) is 0.807. The Labute approximate surface area is 133 Å². The molecule has 0 saturated carbocycles. The minimum Gasteiger partial charge on any atom is -0.469 e.